The molecule has 78 valence electrons. The van der Waals surface area contributed by atoms with Crippen molar-refractivity contribution in [3.63, 3.8) is 0 Å². The number of hydrogen-bond acceptors (Lipinski definition) is 1. The molecule has 0 radical (unpaired) electrons. The number of benzene rings is 1. The highest BCUT2D eigenvalue weighted by Gasteiger charge is 2.10. The highest BCUT2D eigenvalue weighted by molar-refractivity contribution is 5.91. The number of nitrogens with zero attached hydrogens (tertiary/aromatic N) is 1. The van der Waals surface area contributed by atoms with Crippen LogP contribution in [-0.4, -0.2) is 10.9 Å². The smallest absolute Gasteiger partial charge is 0.124 e. The molecule has 0 fully saturated rings. The molecule has 1 heterocycles. The number of aromatic nitrogens is 1. The fourth-order valence-electron chi connectivity index (χ4n) is 2.26. The van der Waals surface area contributed by atoms with Gasteiger partial charge in [0.15, 0.2) is 0 Å². The van der Waals surface area contributed by atoms with E-state index in [0.717, 1.165) is 11.8 Å². The monoisotopic (exact) mass is 201 g/mol. The minimum Gasteiger partial charge on any atom is -0.350 e. The van der Waals surface area contributed by atoms with Gasteiger partial charge in [-0.2, -0.15) is 0 Å². The predicted octanol–water partition coefficient (Wildman–Crippen LogP) is 2.54. The first-order valence-corrected chi connectivity index (χ1v) is 5.13. The van der Waals surface area contributed by atoms with Crippen molar-refractivity contribution >= 4 is 17.2 Å². The number of hydrogen-bond donors (Lipinski definition) is 0. The van der Waals surface area contributed by atoms with Gasteiger partial charge in [0.05, 0.1) is 5.52 Å². The highest BCUT2D eigenvalue weighted by Crippen LogP contribution is 2.27. The second-order valence-corrected chi connectivity index (χ2v) is 4.06. The van der Waals surface area contributed by atoms with E-state index >= 15 is 0 Å². The van der Waals surface area contributed by atoms with Gasteiger partial charge in [0, 0.05) is 25.1 Å². The average Bonchev–Trinajstić information content (AvgIpc) is 2.51. The van der Waals surface area contributed by atoms with Crippen LogP contribution in [-0.2, 0) is 18.3 Å². The van der Waals surface area contributed by atoms with E-state index in [-0.39, 0.29) is 0 Å². The van der Waals surface area contributed by atoms with Crippen LogP contribution in [0.25, 0.3) is 10.9 Å². The maximum absolute atomic E-state index is 10.6. The van der Waals surface area contributed by atoms with Crippen LogP contribution < -0.4 is 0 Å². The average molecular weight is 201 g/mol. The molecule has 0 aliphatic rings. The zero-order valence-electron chi connectivity index (χ0n) is 9.37. The molecule has 15 heavy (non-hydrogen) atoms. The standard InChI is InChI=1S/C13H15NO/c1-9-4-5-10(2)13-12(9)11(6-7-15)8-14(13)3/h4-5,7-8H,6H2,1-3H3. The van der Waals surface area contributed by atoms with Gasteiger partial charge in [-0.15, -0.1) is 0 Å². The van der Waals surface area contributed by atoms with Crippen LogP contribution in [0.15, 0.2) is 18.3 Å². The van der Waals surface area contributed by atoms with Crippen molar-refractivity contribution < 1.29 is 4.79 Å². The van der Waals surface area contributed by atoms with Crippen molar-refractivity contribution in [2.45, 2.75) is 20.3 Å². The lowest BCUT2D eigenvalue weighted by Gasteiger charge is -2.03. The van der Waals surface area contributed by atoms with Gasteiger partial charge >= 0.3 is 0 Å². The lowest BCUT2D eigenvalue weighted by atomic mass is 10.0. The van der Waals surface area contributed by atoms with Crippen LogP contribution in [0.1, 0.15) is 16.7 Å². The molecule has 0 aliphatic carbocycles. The molecule has 0 aliphatic heterocycles. The molecule has 1 aromatic heterocycles. The van der Waals surface area contributed by atoms with Crippen molar-refractivity contribution in [3.05, 3.63) is 35.0 Å². The summed E-state index contributed by atoms with van der Waals surface area (Å²) >= 11 is 0. The fourth-order valence-corrected chi connectivity index (χ4v) is 2.26. The molecule has 2 aromatic rings. The van der Waals surface area contributed by atoms with Crippen LogP contribution in [0.2, 0.25) is 0 Å². The van der Waals surface area contributed by atoms with E-state index in [9.17, 15) is 4.79 Å². The molecule has 2 heteroatoms. The number of aldehydes is 1. The number of aryl methyl sites for hydroxylation is 3. The number of rotatable bonds is 2. The minimum atomic E-state index is 0.502. The van der Waals surface area contributed by atoms with Crippen LogP contribution in [0.5, 0.6) is 0 Å². The number of fused-ring (bicyclic) bond motifs is 1. The zero-order valence-corrected chi connectivity index (χ0v) is 9.37. The lowest BCUT2D eigenvalue weighted by Crippen LogP contribution is -1.88. The summed E-state index contributed by atoms with van der Waals surface area (Å²) in [5.74, 6) is 0. The first kappa shape index (κ1) is 9.97. The van der Waals surface area contributed by atoms with E-state index in [2.05, 4.69) is 36.7 Å². The Kier molecular flexibility index (Phi) is 2.35. The van der Waals surface area contributed by atoms with Crippen molar-refractivity contribution in [1.29, 1.82) is 0 Å². The van der Waals surface area contributed by atoms with Crippen molar-refractivity contribution in [2.75, 3.05) is 0 Å². The van der Waals surface area contributed by atoms with E-state index in [1.165, 1.54) is 22.0 Å². The van der Waals surface area contributed by atoms with Gasteiger partial charge in [-0.3, -0.25) is 0 Å². The first-order valence-electron chi connectivity index (χ1n) is 5.13. The van der Waals surface area contributed by atoms with E-state index < -0.39 is 0 Å². The van der Waals surface area contributed by atoms with Gasteiger partial charge < -0.3 is 9.36 Å². The van der Waals surface area contributed by atoms with Crippen molar-refractivity contribution in [1.82, 2.24) is 4.57 Å². The zero-order chi connectivity index (χ0) is 11.0. The summed E-state index contributed by atoms with van der Waals surface area (Å²) in [5.41, 5.74) is 4.87. The number of carbonyl (C=O) groups excluding carboxylic acids is 1. The molecule has 2 nitrogen and oxygen atoms in total. The molecule has 0 atom stereocenters. The molecule has 0 unspecified atom stereocenters. The Labute approximate surface area is 89.5 Å². The summed E-state index contributed by atoms with van der Waals surface area (Å²) in [5, 5.41) is 1.24. The van der Waals surface area contributed by atoms with E-state index in [4.69, 9.17) is 0 Å². The molecular formula is C13H15NO. The van der Waals surface area contributed by atoms with Crippen LogP contribution in [0, 0.1) is 13.8 Å². The molecule has 2 rings (SSSR count). The summed E-state index contributed by atoms with van der Waals surface area (Å²) in [6.07, 6.45) is 3.53. The molecule has 0 amide bonds. The van der Waals surface area contributed by atoms with Gasteiger partial charge in [-0.05, 0) is 30.5 Å². The van der Waals surface area contributed by atoms with Gasteiger partial charge in [0.25, 0.3) is 0 Å². The van der Waals surface area contributed by atoms with Crippen molar-refractivity contribution in [2.24, 2.45) is 7.05 Å². The Morgan fingerprint density at radius 1 is 1.27 bits per heavy atom. The Balaban J connectivity index is 2.85. The van der Waals surface area contributed by atoms with Crippen molar-refractivity contribution in [3.8, 4) is 0 Å². The molecule has 0 saturated heterocycles. The molecule has 0 N–H and O–H groups in total. The van der Waals surface area contributed by atoms with Gasteiger partial charge in [0.1, 0.15) is 6.29 Å². The molecule has 0 spiro atoms. The Morgan fingerprint density at radius 3 is 2.60 bits per heavy atom. The van der Waals surface area contributed by atoms with Gasteiger partial charge in [-0.1, -0.05) is 12.1 Å². The second kappa shape index (κ2) is 3.54. The lowest BCUT2D eigenvalue weighted by molar-refractivity contribution is -0.107. The summed E-state index contributed by atoms with van der Waals surface area (Å²) in [4.78, 5) is 10.6. The van der Waals surface area contributed by atoms with E-state index in [1.807, 2.05) is 7.05 Å². The predicted molar refractivity (Wildman–Crippen MR) is 62.2 cm³/mol. The fraction of sp³-hybridized carbons (Fsp3) is 0.308. The summed E-state index contributed by atoms with van der Waals surface area (Å²) < 4.78 is 2.11. The molecule has 0 saturated carbocycles. The normalized spacial score (nSPS) is 10.9. The van der Waals surface area contributed by atoms with Gasteiger partial charge in [-0.25, -0.2) is 0 Å². The number of carbonyl (C=O) groups is 1. The van der Waals surface area contributed by atoms with Crippen LogP contribution >= 0.6 is 0 Å². The Bertz CT molecular complexity index is 523. The van der Waals surface area contributed by atoms with Gasteiger partial charge in [0.2, 0.25) is 0 Å². The minimum absolute atomic E-state index is 0.502. The largest absolute Gasteiger partial charge is 0.350 e. The Morgan fingerprint density at radius 2 is 1.93 bits per heavy atom. The quantitative estimate of drug-likeness (QED) is 0.684. The van der Waals surface area contributed by atoms with E-state index in [1.54, 1.807) is 0 Å². The van der Waals surface area contributed by atoms with E-state index in [0.29, 0.717) is 6.42 Å². The van der Waals surface area contributed by atoms with Crippen LogP contribution in [0.3, 0.4) is 0 Å². The maximum Gasteiger partial charge on any atom is 0.124 e. The first-order chi connectivity index (χ1) is 7.15. The summed E-state index contributed by atoms with van der Waals surface area (Å²) in [6, 6.07) is 4.24. The molecule has 0 bridgehead atoms. The Hall–Kier alpha value is -1.57. The van der Waals surface area contributed by atoms with Crippen LogP contribution in [0.4, 0.5) is 0 Å². The summed E-state index contributed by atoms with van der Waals surface area (Å²) in [7, 11) is 2.03. The maximum atomic E-state index is 10.6. The third kappa shape index (κ3) is 1.46. The summed E-state index contributed by atoms with van der Waals surface area (Å²) in [6.45, 7) is 4.20. The second-order valence-electron chi connectivity index (χ2n) is 4.06. The topological polar surface area (TPSA) is 22.0 Å². The highest BCUT2D eigenvalue weighted by atomic mass is 16.1. The SMILES string of the molecule is Cc1ccc(C)c2c1c(CC=O)cn2C. The molecule has 1 aromatic carbocycles. The molecular weight excluding hydrogens is 186 g/mol. The third-order valence-corrected chi connectivity index (χ3v) is 2.91. The third-order valence-electron chi connectivity index (χ3n) is 2.91.